The number of hydrogen-bond donors (Lipinski definition) is 0. The maximum Gasteiger partial charge on any atom is 0.130 e. The lowest BCUT2D eigenvalue weighted by molar-refractivity contribution is -0.117. The van der Waals surface area contributed by atoms with Crippen LogP contribution in [0.15, 0.2) is 0 Å². The second kappa shape index (κ2) is 4.06. The fraction of sp³-hybridized carbons (Fsp3) is 0.909. The molecule has 12 heavy (non-hydrogen) atoms. The van der Waals surface area contributed by atoms with Gasteiger partial charge in [0.15, 0.2) is 0 Å². The van der Waals surface area contributed by atoms with Crippen LogP contribution in [0.2, 0.25) is 0 Å². The molecule has 1 rings (SSSR count). The van der Waals surface area contributed by atoms with Crippen molar-refractivity contribution in [3.8, 4) is 0 Å². The molecule has 1 aliphatic rings. The Morgan fingerprint density at radius 3 is 2.50 bits per heavy atom. The third kappa shape index (κ3) is 2.62. The molecule has 0 aromatic carbocycles. The molecule has 0 amide bonds. The highest BCUT2D eigenvalue weighted by molar-refractivity contribution is 5.75. The molecule has 0 aromatic rings. The lowest BCUT2D eigenvalue weighted by atomic mass is 9.92. The number of Topliss-reactive ketones (excluding diaryl/α,β-unsaturated/α-hetero) is 1. The van der Waals surface area contributed by atoms with Gasteiger partial charge in [-0.3, -0.25) is 0 Å². The summed E-state index contributed by atoms with van der Waals surface area (Å²) in [6.07, 6.45) is 4.73. The van der Waals surface area contributed by atoms with E-state index in [1.165, 1.54) is 19.3 Å². The summed E-state index contributed by atoms with van der Waals surface area (Å²) < 4.78 is 0. The molecule has 0 unspecified atom stereocenters. The smallest absolute Gasteiger partial charge is 0.130 e. The van der Waals surface area contributed by atoms with Crippen LogP contribution >= 0.6 is 0 Å². The molecule has 70 valence electrons. The van der Waals surface area contributed by atoms with Gasteiger partial charge in [-0.05, 0) is 43.9 Å². The average Bonchev–Trinajstić information content (AvgIpc) is 2.34. The summed E-state index contributed by atoms with van der Waals surface area (Å²) in [5, 5.41) is 0. The Bertz CT molecular complexity index is 160. The first-order chi connectivity index (χ1) is 5.59. The SMILES string of the molecule is CC(=O)C[C@@H]1CC[C@@H](C(C)C)C1. The molecule has 1 saturated carbocycles. The third-order valence-corrected chi connectivity index (χ3v) is 3.10. The van der Waals surface area contributed by atoms with Crippen molar-refractivity contribution in [2.75, 3.05) is 0 Å². The van der Waals surface area contributed by atoms with Crippen molar-refractivity contribution in [2.24, 2.45) is 17.8 Å². The van der Waals surface area contributed by atoms with Gasteiger partial charge in [-0.2, -0.15) is 0 Å². The van der Waals surface area contributed by atoms with Gasteiger partial charge in [-0.25, -0.2) is 0 Å². The number of carbonyl (C=O) groups excluding carboxylic acids is 1. The van der Waals surface area contributed by atoms with Gasteiger partial charge in [-0.1, -0.05) is 13.8 Å². The minimum absolute atomic E-state index is 0.365. The van der Waals surface area contributed by atoms with Crippen molar-refractivity contribution in [2.45, 2.75) is 46.5 Å². The maximum absolute atomic E-state index is 10.9. The van der Waals surface area contributed by atoms with Crippen molar-refractivity contribution in [3.63, 3.8) is 0 Å². The van der Waals surface area contributed by atoms with Crippen LogP contribution in [0.5, 0.6) is 0 Å². The Kier molecular flexibility index (Phi) is 3.30. The topological polar surface area (TPSA) is 17.1 Å². The molecule has 1 aliphatic carbocycles. The van der Waals surface area contributed by atoms with Crippen LogP contribution in [0.3, 0.4) is 0 Å². The monoisotopic (exact) mass is 168 g/mol. The van der Waals surface area contributed by atoms with E-state index in [9.17, 15) is 4.79 Å². The summed E-state index contributed by atoms with van der Waals surface area (Å²) in [5.74, 6) is 2.76. The van der Waals surface area contributed by atoms with Crippen molar-refractivity contribution in [1.29, 1.82) is 0 Å². The molecule has 0 N–H and O–H groups in total. The van der Waals surface area contributed by atoms with Crippen LogP contribution in [0.1, 0.15) is 46.5 Å². The molecule has 0 aliphatic heterocycles. The highest BCUT2D eigenvalue weighted by atomic mass is 16.1. The van der Waals surface area contributed by atoms with E-state index in [0.717, 1.165) is 18.3 Å². The third-order valence-electron chi connectivity index (χ3n) is 3.10. The van der Waals surface area contributed by atoms with E-state index in [1.54, 1.807) is 6.92 Å². The van der Waals surface area contributed by atoms with E-state index in [4.69, 9.17) is 0 Å². The van der Waals surface area contributed by atoms with Crippen LogP contribution in [0.4, 0.5) is 0 Å². The number of carbonyl (C=O) groups is 1. The number of hydrogen-bond acceptors (Lipinski definition) is 1. The van der Waals surface area contributed by atoms with E-state index in [0.29, 0.717) is 11.7 Å². The van der Waals surface area contributed by atoms with Gasteiger partial charge in [0.2, 0.25) is 0 Å². The normalized spacial score (nSPS) is 29.7. The molecular weight excluding hydrogens is 148 g/mol. The molecule has 0 aromatic heterocycles. The molecule has 0 bridgehead atoms. The van der Waals surface area contributed by atoms with E-state index >= 15 is 0 Å². The first-order valence-corrected chi connectivity index (χ1v) is 5.09. The van der Waals surface area contributed by atoms with Crippen LogP contribution in [-0.4, -0.2) is 5.78 Å². The molecule has 0 radical (unpaired) electrons. The maximum atomic E-state index is 10.9. The fourth-order valence-electron chi connectivity index (χ4n) is 2.31. The van der Waals surface area contributed by atoms with Crippen LogP contribution in [0.25, 0.3) is 0 Å². The van der Waals surface area contributed by atoms with Gasteiger partial charge in [-0.15, -0.1) is 0 Å². The van der Waals surface area contributed by atoms with Gasteiger partial charge >= 0.3 is 0 Å². The lowest BCUT2D eigenvalue weighted by Crippen LogP contribution is -2.06. The second-order valence-electron chi connectivity index (χ2n) is 4.59. The fourth-order valence-corrected chi connectivity index (χ4v) is 2.31. The van der Waals surface area contributed by atoms with Gasteiger partial charge in [0.05, 0.1) is 0 Å². The zero-order valence-electron chi connectivity index (χ0n) is 8.47. The molecule has 2 atom stereocenters. The highest BCUT2D eigenvalue weighted by Gasteiger charge is 2.27. The first kappa shape index (κ1) is 9.76. The van der Waals surface area contributed by atoms with E-state index < -0.39 is 0 Å². The van der Waals surface area contributed by atoms with Gasteiger partial charge < -0.3 is 4.79 Å². The summed E-state index contributed by atoms with van der Waals surface area (Å²) in [5.41, 5.74) is 0. The van der Waals surface area contributed by atoms with Crippen LogP contribution in [-0.2, 0) is 4.79 Å². The minimum Gasteiger partial charge on any atom is -0.300 e. The van der Waals surface area contributed by atoms with E-state index in [-0.39, 0.29) is 0 Å². The molecule has 0 spiro atoms. The van der Waals surface area contributed by atoms with Gasteiger partial charge in [0.1, 0.15) is 5.78 Å². The molecule has 0 heterocycles. The Balaban J connectivity index is 2.30. The molecular formula is C11H20O. The Hall–Kier alpha value is -0.330. The summed E-state index contributed by atoms with van der Waals surface area (Å²) in [7, 11) is 0. The zero-order valence-corrected chi connectivity index (χ0v) is 8.47. The summed E-state index contributed by atoms with van der Waals surface area (Å²) in [6.45, 7) is 6.30. The predicted molar refractivity (Wildman–Crippen MR) is 51.0 cm³/mol. The first-order valence-electron chi connectivity index (χ1n) is 5.09. The summed E-state index contributed by atoms with van der Waals surface area (Å²) in [4.78, 5) is 10.9. The van der Waals surface area contributed by atoms with Crippen LogP contribution in [0, 0.1) is 17.8 Å². The lowest BCUT2D eigenvalue weighted by Gasteiger charge is -2.13. The number of ketones is 1. The van der Waals surface area contributed by atoms with E-state index in [2.05, 4.69) is 13.8 Å². The molecule has 1 nitrogen and oxygen atoms in total. The molecule has 1 heteroatoms. The predicted octanol–water partition coefficient (Wildman–Crippen LogP) is 3.04. The van der Waals surface area contributed by atoms with Gasteiger partial charge in [0, 0.05) is 6.42 Å². The number of rotatable bonds is 3. The van der Waals surface area contributed by atoms with Crippen LogP contribution < -0.4 is 0 Å². The Morgan fingerprint density at radius 1 is 1.42 bits per heavy atom. The minimum atomic E-state index is 0.365. The quantitative estimate of drug-likeness (QED) is 0.633. The zero-order chi connectivity index (χ0) is 9.14. The average molecular weight is 168 g/mol. The van der Waals surface area contributed by atoms with Crippen molar-refractivity contribution in [3.05, 3.63) is 0 Å². The van der Waals surface area contributed by atoms with Crippen molar-refractivity contribution >= 4 is 5.78 Å². The Morgan fingerprint density at radius 2 is 2.08 bits per heavy atom. The van der Waals surface area contributed by atoms with Gasteiger partial charge in [0.25, 0.3) is 0 Å². The summed E-state index contributed by atoms with van der Waals surface area (Å²) >= 11 is 0. The molecule has 1 fully saturated rings. The largest absolute Gasteiger partial charge is 0.300 e. The highest BCUT2D eigenvalue weighted by Crippen LogP contribution is 2.37. The summed E-state index contributed by atoms with van der Waals surface area (Å²) in [6, 6.07) is 0. The van der Waals surface area contributed by atoms with E-state index in [1.807, 2.05) is 0 Å². The Labute approximate surface area is 75.5 Å². The van der Waals surface area contributed by atoms with Crippen molar-refractivity contribution < 1.29 is 4.79 Å². The van der Waals surface area contributed by atoms with Crippen molar-refractivity contribution in [1.82, 2.24) is 0 Å². The second-order valence-corrected chi connectivity index (χ2v) is 4.59. The molecule has 0 saturated heterocycles. The standard InChI is InChI=1S/C11H20O/c1-8(2)11-5-4-10(7-11)6-9(3)12/h8,10-11H,4-7H2,1-3H3/t10-,11+/m0/s1.